The molecule has 15 heavy (non-hydrogen) atoms. The molecule has 0 aromatic rings. The van der Waals surface area contributed by atoms with E-state index < -0.39 is 0 Å². The summed E-state index contributed by atoms with van der Waals surface area (Å²) in [4.78, 5) is 0. The molecule has 2 nitrogen and oxygen atoms in total. The molecule has 0 spiro atoms. The molecular formula is C12H27NOSi. The highest BCUT2D eigenvalue weighted by molar-refractivity contribution is 6.08. The molecule has 0 unspecified atom stereocenters. The average Bonchev–Trinajstić information content (AvgIpc) is 1.98. The molecule has 0 amide bonds. The van der Waals surface area contributed by atoms with E-state index >= 15 is 0 Å². The van der Waals surface area contributed by atoms with E-state index in [0.29, 0.717) is 6.10 Å². The summed E-state index contributed by atoms with van der Waals surface area (Å²) < 4.78 is 5.98. The Morgan fingerprint density at radius 1 is 1.20 bits per heavy atom. The van der Waals surface area contributed by atoms with Crippen LogP contribution in [0.3, 0.4) is 0 Å². The fourth-order valence-electron chi connectivity index (χ4n) is 2.74. The van der Waals surface area contributed by atoms with Gasteiger partial charge in [0.15, 0.2) is 0 Å². The van der Waals surface area contributed by atoms with Crippen LogP contribution in [-0.4, -0.2) is 34.0 Å². The van der Waals surface area contributed by atoms with Crippen LogP contribution in [0, 0.1) is 0 Å². The normalized spacial score (nSPS) is 25.6. The standard InChI is InChI=1S/C12H27NOSi/c1-11(2)8-10(14-6-5-7-15)9-12(3,4)13-11/h10,13H,5-9H2,1-4,15H3. The van der Waals surface area contributed by atoms with Crippen LogP contribution in [0.25, 0.3) is 0 Å². The molecule has 1 aliphatic heterocycles. The van der Waals surface area contributed by atoms with Gasteiger partial charge in [-0.1, -0.05) is 6.04 Å². The first-order valence-corrected chi connectivity index (χ1v) is 7.67. The van der Waals surface area contributed by atoms with Crippen molar-refractivity contribution >= 4 is 10.2 Å². The molecular weight excluding hydrogens is 202 g/mol. The number of rotatable bonds is 4. The largest absolute Gasteiger partial charge is 0.378 e. The number of piperidine rings is 1. The SMILES string of the molecule is CC1(C)CC(OCCC[SiH3])CC(C)(C)N1. The van der Waals surface area contributed by atoms with E-state index in [-0.39, 0.29) is 11.1 Å². The third-order valence-corrected chi connectivity index (χ3v) is 3.71. The summed E-state index contributed by atoms with van der Waals surface area (Å²) in [5.41, 5.74) is 0.431. The number of nitrogens with one attached hydrogen (secondary N) is 1. The van der Waals surface area contributed by atoms with Gasteiger partial charge < -0.3 is 10.1 Å². The Hall–Kier alpha value is 0.137. The van der Waals surface area contributed by atoms with Gasteiger partial charge in [-0.15, -0.1) is 0 Å². The zero-order chi connectivity index (χ0) is 11.5. The summed E-state index contributed by atoms with van der Waals surface area (Å²) in [5.74, 6) is 0. The van der Waals surface area contributed by atoms with Crippen LogP contribution in [0.1, 0.15) is 47.0 Å². The van der Waals surface area contributed by atoms with Crippen molar-refractivity contribution in [2.45, 2.75) is 70.2 Å². The second kappa shape index (κ2) is 4.98. The highest BCUT2D eigenvalue weighted by Crippen LogP contribution is 2.30. The van der Waals surface area contributed by atoms with Crippen LogP contribution < -0.4 is 5.32 Å². The molecule has 0 aromatic carbocycles. The topological polar surface area (TPSA) is 21.3 Å². The Bertz CT molecular complexity index is 188. The molecule has 1 N–H and O–H groups in total. The van der Waals surface area contributed by atoms with Gasteiger partial charge in [0.2, 0.25) is 0 Å². The summed E-state index contributed by atoms with van der Waals surface area (Å²) in [6.07, 6.45) is 3.97. The van der Waals surface area contributed by atoms with Crippen molar-refractivity contribution in [2.24, 2.45) is 0 Å². The molecule has 0 aromatic heterocycles. The van der Waals surface area contributed by atoms with Gasteiger partial charge in [0.1, 0.15) is 0 Å². The lowest BCUT2D eigenvalue weighted by Gasteiger charge is -2.46. The average molecular weight is 229 g/mol. The maximum absolute atomic E-state index is 5.98. The predicted octanol–water partition coefficient (Wildman–Crippen LogP) is 1.49. The van der Waals surface area contributed by atoms with Crippen molar-refractivity contribution < 1.29 is 4.74 Å². The van der Waals surface area contributed by atoms with Crippen molar-refractivity contribution in [3.05, 3.63) is 0 Å². The molecule has 0 radical (unpaired) electrons. The molecule has 1 heterocycles. The van der Waals surface area contributed by atoms with E-state index in [4.69, 9.17) is 4.74 Å². The highest BCUT2D eigenvalue weighted by Gasteiger charge is 2.37. The summed E-state index contributed by atoms with van der Waals surface area (Å²) in [6.45, 7) is 10.1. The molecule has 1 saturated heterocycles. The van der Waals surface area contributed by atoms with Crippen molar-refractivity contribution in [3.8, 4) is 0 Å². The van der Waals surface area contributed by atoms with Crippen LogP contribution in [-0.2, 0) is 4.74 Å². The minimum Gasteiger partial charge on any atom is -0.378 e. The van der Waals surface area contributed by atoms with Crippen LogP contribution in [0.15, 0.2) is 0 Å². The Labute approximate surface area is 97.6 Å². The molecule has 3 heteroatoms. The second-order valence-corrected chi connectivity index (χ2v) is 7.15. The van der Waals surface area contributed by atoms with E-state index in [1.807, 2.05) is 0 Å². The molecule has 90 valence electrons. The van der Waals surface area contributed by atoms with Crippen molar-refractivity contribution in [2.75, 3.05) is 6.61 Å². The number of hydrogen-bond donors (Lipinski definition) is 1. The first kappa shape index (κ1) is 13.2. The number of ether oxygens (including phenoxy) is 1. The molecule has 1 fully saturated rings. The maximum Gasteiger partial charge on any atom is 0.0609 e. The summed E-state index contributed by atoms with van der Waals surface area (Å²) in [6, 6.07) is 1.36. The van der Waals surface area contributed by atoms with Crippen LogP contribution >= 0.6 is 0 Å². The zero-order valence-electron chi connectivity index (χ0n) is 11.0. The Kier molecular flexibility index (Phi) is 4.38. The monoisotopic (exact) mass is 229 g/mol. The fraction of sp³-hybridized carbons (Fsp3) is 1.00. The minimum absolute atomic E-state index is 0.216. The first-order valence-electron chi connectivity index (χ1n) is 6.26. The van der Waals surface area contributed by atoms with Crippen LogP contribution in [0.4, 0.5) is 0 Å². The molecule has 0 aliphatic carbocycles. The zero-order valence-corrected chi connectivity index (χ0v) is 13.0. The van der Waals surface area contributed by atoms with Gasteiger partial charge in [-0.2, -0.15) is 0 Å². The minimum atomic E-state index is 0.216. The van der Waals surface area contributed by atoms with Gasteiger partial charge >= 0.3 is 0 Å². The lowest BCUT2D eigenvalue weighted by Crippen LogP contribution is -2.59. The van der Waals surface area contributed by atoms with E-state index in [0.717, 1.165) is 19.4 Å². The summed E-state index contributed by atoms with van der Waals surface area (Å²) >= 11 is 0. The van der Waals surface area contributed by atoms with Gasteiger partial charge in [-0.25, -0.2) is 0 Å². The second-order valence-electron chi connectivity index (χ2n) is 6.15. The predicted molar refractivity (Wildman–Crippen MR) is 69.6 cm³/mol. The lowest BCUT2D eigenvalue weighted by molar-refractivity contribution is -0.0212. The molecule has 0 bridgehead atoms. The molecule has 1 rings (SSSR count). The van der Waals surface area contributed by atoms with Gasteiger partial charge in [0.25, 0.3) is 0 Å². The van der Waals surface area contributed by atoms with E-state index in [1.54, 1.807) is 0 Å². The van der Waals surface area contributed by atoms with E-state index in [2.05, 4.69) is 33.0 Å². The Morgan fingerprint density at radius 2 is 1.73 bits per heavy atom. The van der Waals surface area contributed by atoms with E-state index in [9.17, 15) is 0 Å². The number of hydrogen-bond acceptors (Lipinski definition) is 2. The van der Waals surface area contributed by atoms with Gasteiger partial charge in [0, 0.05) is 27.9 Å². The van der Waals surface area contributed by atoms with Crippen molar-refractivity contribution in [1.82, 2.24) is 5.32 Å². The quantitative estimate of drug-likeness (QED) is 0.582. The van der Waals surface area contributed by atoms with Gasteiger partial charge in [0.05, 0.1) is 6.10 Å². The summed E-state index contributed by atoms with van der Waals surface area (Å²) in [5, 5.41) is 3.68. The molecule has 0 atom stereocenters. The molecule has 0 saturated carbocycles. The fourth-order valence-corrected chi connectivity index (χ4v) is 3.03. The van der Waals surface area contributed by atoms with E-state index in [1.165, 1.54) is 22.7 Å². The summed E-state index contributed by atoms with van der Waals surface area (Å²) in [7, 11) is 1.31. The first-order chi connectivity index (χ1) is 6.85. The van der Waals surface area contributed by atoms with Crippen molar-refractivity contribution in [3.63, 3.8) is 0 Å². The third-order valence-electron chi connectivity index (χ3n) is 3.00. The smallest absolute Gasteiger partial charge is 0.0609 e. The lowest BCUT2D eigenvalue weighted by atomic mass is 9.81. The van der Waals surface area contributed by atoms with Gasteiger partial charge in [-0.05, 0) is 47.0 Å². The maximum atomic E-state index is 5.98. The van der Waals surface area contributed by atoms with Crippen LogP contribution in [0.2, 0.25) is 6.04 Å². The van der Waals surface area contributed by atoms with Gasteiger partial charge in [-0.3, -0.25) is 0 Å². The van der Waals surface area contributed by atoms with Crippen LogP contribution in [0.5, 0.6) is 0 Å². The third kappa shape index (κ3) is 4.66. The Morgan fingerprint density at radius 3 is 2.20 bits per heavy atom. The molecule has 1 aliphatic rings. The highest BCUT2D eigenvalue weighted by atomic mass is 28.1. The Balaban J connectivity index is 2.44. The van der Waals surface area contributed by atoms with Crippen molar-refractivity contribution in [1.29, 1.82) is 0 Å².